The summed E-state index contributed by atoms with van der Waals surface area (Å²) in [5.74, 6) is 0.503. The van der Waals surface area contributed by atoms with Crippen LogP contribution < -0.4 is 14.9 Å². The number of hydrogen-bond acceptors (Lipinski definition) is 4. The zero-order valence-electron chi connectivity index (χ0n) is 16.8. The second-order valence-electron chi connectivity index (χ2n) is 6.49. The summed E-state index contributed by atoms with van der Waals surface area (Å²) < 4.78 is 12.7. The van der Waals surface area contributed by atoms with Crippen molar-refractivity contribution >= 4 is 90.4 Å². The predicted octanol–water partition coefficient (Wildman–Crippen LogP) is 8.18. The van der Waals surface area contributed by atoms with Crippen molar-refractivity contribution in [2.45, 2.75) is 6.61 Å². The predicted molar refractivity (Wildman–Crippen MR) is 141 cm³/mol. The Kier molecular flexibility index (Phi) is 9.33. The van der Waals surface area contributed by atoms with Gasteiger partial charge in [0.2, 0.25) is 0 Å². The number of hydrazone groups is 1. The Morgan fingerprint density at radius 1 is 0.970 bits per heavy atom. The van der Waals surface area contributed by atoms with Crippen LogP contribution in [0.25, 0.3) is 0 Å². The lowest BCUT2D eigenvalue weighted by molar-refractivity contribution is 0.0955. The molecule has 0 saturated heterocycles. The molecule has 33 heavy (non-hydrogen) atoms. The van der Waals surface area contributed by atoms with E-state index in [2.05, 4.69) is 42.4 Å². The minimum absolute atomic E-state index is 0.242. The van der Waals surface area contributed by atoms with Gasteiger partial charge < -0.3 is 9.47 Å². The zero-order chi connectivity index (χ0) is 24.1. The number of methoxy groups -OCH3 is 1. The molecule has 3 aromatic carbocycles. The number of carbonyl (C=O) groups is 1. The van der Waals surface area contributed by atoms with Crippen molar-refractivity contribution in [3.63, 3.8) is 0 Å². The fraction of sp³-hybridized carbons (Fsp3) is 0.0909. The number of benzene rings is 3. The Bertz CT molecular complexity index is 1240. The van der Waals surface area contributed by atoms with E-state index >= 15 is 0 Å². The molecule has 11 heteroatoms. The van der Waals surface area contributed by atoms with Crippen molar-refractivity contribution < 1.29 is 14.3 Å². The van der Waals surface area contributed by atoms with Crippen LogP contribution in [0.4, 0.5) is 0 Å². The van der Waals surface area contributed by atoms with E-state index in [0.29, 0.717) is 46.6 Å². The Balaban J connectivity index is 1.76. The van der Waals surface area contributed by atoms with Gasteiger partial charge in [0.25, 0.3) is 5.91 Å². The topological polar surface area (TPSA) is 59.9 Å². The van der Waals surface area contributed by atoms with Crippen LogP contribution in [0.3, 0.4) is 0 Å². The minimum atomic E-state index is -0.437. The summed E-state index contributed by atoms with van der Waals surface area (Å²) >= 11 is 30.9. The zero-order valence-corrected chi connectivity index (χ0v) is 23.0. The molecule has 0 fully saturated rings. The van der Waals surface area contributed by atoms with Crippen molar-refractivity contribution in [2.24, 2.45) is 5.10 Å². The van der Waals surface area contributed by atoms with Gasteiger partial charge in [-0.3, -0.25) is 4.79 Å². The highest BCUT2D eigenvalue weighted by atomic mass is 79.9. The number of nitrogens with one attached hydrogen (secondary N) is 1. The van der Waals surface area contributed by atoms with E-state index in [1.54, 1.807) is 24.3 Å². The fourth-order valence-electron chi connectivity index (χ4n) is 2.63. The highest BCUT2D eigenvalue weighted by molar-refractivity contribution is 9.13. The van der Waals surface area contributed by atoms with E-state index in [1.165, 1.54) is 25.5 Å². The van der Waals surface area contributed by atoms with Crippen molar-refractivity contribution in [2.75, 3.05) is 7.11 Å². The van der Waals surface area contributed by atoms with Crippen LogP contribution >= 0.6 is 78.3 Å². The number of ether oxygens (including phenoxy) is 2. The monoisotopic (exact) mass is 652 g/mol. The number of rotatable bonds is 7. The van der Waals surface area contributed by atoms with E-state index in [-0.39, 0.29) is 11.6 Å². The first kappa shape index (κ1) is 26.1. The summed E-state index contributed by atoms with van der Waals surface area (Å²) in [6, 6.07) is 11.5. The third kappa shape index (κ3) is 6.56. The number of hydrogen-bond donors (Lipinski definition) is 1. The highest BCUT2D eigenvalue weighted by Gasteiger charge is 2.17. The number of carbonyl (C=O) groups excluding carboxylic acids is 1. The second-order valence-corrected chi connectivity index (χ2v) is 9.71. The van der Waals surface area contributed by atoms with Crippen molar-refractivity contribution in [3.8, 4) is 11.5 Å². The van der Waals surface area contributed by atoms with Crippen LogP contribution in [0.1, 0.15) is 21.5 Å². The number of halogens is 6. The summed E-state index contributed by atoms with van der Waals surface area (Å²) in [4.78, 5) is 12.3. The smallest absolute Gasteiger partial charge is 0.271 e. The van der Waals surface area contributed by atoms with Gasteiger partial charge in [-0.1, -0.05) is 52.5 Å². The fourth-order valence-corrected chi connectivity index (χ4v) is 4.19. The maximum absolute atomic E-state index is 12.3. The Morgan fingerprint density at radius 3 is 2.27 bits per heavy atom. The Morgan fingerprint density at radius 2 is 1.64 bits per heavy atom. The van der Waals surface area contributed by atoms with Gasteiger partial charge in [-0.05, 0) is 73.8 Å². The van der Waals surface area contributed by atoms with Gasteiger partial charge in [-0.2, -0.15) is 5.10 Å². The van der Waals surface area contributed by atoms with Gasteiger partial charge >= 0.3 is 0 Å². The van der Waals surface area contributed by atoms with Crippen LogP contribution in [0.2, 0.25) is 20.1 Å². The first-order valence-electron chi connectivity index (χ1n) is 9.12. The number of nitrogens with zero attached hydrogens (tertiary/aromatic N) is 1. The average Bonchev–Trinajstić information content (AvgIpc) is 2.79. The number of amides is 1. The van der Waals surface area contributed by atoms with Crippen molar-refractivity contribution in [1.29, 1.82) is 0 Å². The molecule has 0 heterocycles. The van der Waals surface area contributed by atoms with Crippen LogP contribution in [-0.4, -0.2) is 19.2 Å². The lowest BCUT2D eigenvalue weighted by Crippen LogP contribution is -2.17. The van der Waals surface area contributed by atoms with Gasteiger partial charge in [0.05, 0.1) is 37.9 Å². The first-order chi connectivity index (χ1) is 15.7. The highest BCUT2D eigenvalue weighted by Crippen LogP contribution is 2.42. The van der Waals surface area contributed by atoms with Gasteiger partial charge in [0, 0.05) is 15.6 Å². The molecule has 0 unspecified atom stereocenters. The normalized spacial score (nSPS) is 11.0. The summed E-state index contributed by atoms with van der Waals surface area (Å²) in [6.07, 6.45) is 1.47. The summed E-state index contributed by atoms with van der Waals surface area (Å²) in [5, 5.41) is 5.57. The Labute approximate surface area is 227 Å². The van der Waals surface area contributed by atoms with Gasteiger partial charge in [-0.15, -0.1) is 0 Å². The van der Waals surface area contributed by atoms with Crippen LogP contribution in [-0.2, 0) is 6.61 Å². The van der Waals surface area contributed by atoms with E-state index in [9.17, 15) is 4.79 Å². The molecule has 0 bridgehead atoms. The largest absolute Gasteiger partial charge is 0.493 e. The Hall–Kier alpha value is -1.48. The quantitative estimate of drug-likeness (QED) is 0.206. The van der Waals surface area contributed by atoms with Crippen LogP contribution in [0, 0.1) is 0 Å². The van der Waals surface area contributed by atoms with E-state index in [4.69, 9.17) is 55.9 Å². The van der Waals surface area contributed by atoms with E-state index in [0.717, 1.165) is 5.56 Å². The molecule has 0 spiro atoms. The molecule has 0 aliphatic carbocycles. The van der Waals surface area contributed by atoms with E-state index < -0.39 is 5.91 Å². The SMILES string of the molecule is COc1cc(/C=N\NC(=O)c2ccc(Cl)c(Cl)c2)c(Br)c(Br)c1OCc1ccc(Cl)c(Cl)c1. The lowest BCUT2D eigenvalue weighted by atomic mass is 10.2. The molecule has 172 valence electrons. The molecule has 3 rings (SSSR count). The molecule has 0 aliphatic rings. The third-order valence-corrected chi connectivity index (χ3v) is 7.92. The average molecular weight is 656 g/mol. The molecule has 0 aromatic heterocycles. The third-order valence-electron chi connectivity index (χ3n) is 4.29. The standard InChI is InChI=1S/C22H14Br2Cl4N2O3/c1-32-18-8-13(9-29-30-22(31)12-3-5-15(26)17(28)7-12)19(23)20(24)21(18)33-10-11-2-4-14(25)16(27)6-11/h2-9H,10H2,1H3,(H,30,31)/b29-9-. The van der Waals surface area contributed by atoms with Crippen molar-refractivity contribution in [3.05, 3.63) is 88.2 Å². The first-order valence-corrected chi connectivity index (χ1v) is 12.2. The lowest BCUT2D eigenvalue weighted by Gasteiger charge is -2.15. The van der Waals surface area contributed by atoms with Crippen molar-refractivity contribution in [1.82, 2.24) is 5.43 Å². The molecular formula is C22H14Br2Cl4N2O3. The molecule has 0 atom stereocenters. The molecular weight excluding hydrogens is 642 g/mol. The second kappa shape index (κ2) is 11.8. The molecule has 0 saturated carbocycles. The van der Waals surface area contributed by atoms with Crippen LogP contribution in [0.15, 0.2) is 56.5 Å². The van der Waals surface area contributed by atoms with Gasteiger partial charge in [0.15, 0.2) is 11.5 Å². The molecule has 3 aromatic rings. The molecule has 0 aliphatic heterocycles. The summed E-state index contributed by atoms with van der Waals surface area (Å²) in [5.41, 5.74) is 4.24. The maximum Gasteiger partial charge on any atom is 0.271 e. The molecule has 1 amide bonds. The minimum Gasteiger partial charge on any atom is -0.493 e. The van der Waals surface area contributed by atoms with E-state index in [1.807, 2.05) is 6.07 Å². The summed E-state index contributed by atoms with van der Waals surface area (Å²) in [7, 11) is 1.52. The maximum atomic E-state index is 12.3. The summed E-state index contributed by atoms with van der Waals surface area (Å²) in [6.45, 7) is 0.242. The van der Waals surface area contributed by atoms with Gasteiger partial charge in [0.1, 0.15) is 6.61 Å². The molecule has 0 radical (unpaired) electrons. The van der Waals surface area contributed by atoms with Gasteiger partial charge in [-0.25, -0.2) is 5.43 Å². The molecule has 1 N–H and O–H groups in total. The van der Waals surface area contributed by atoms with Crippen LogP contribution in [0.5, 0.6) is 11.5 Å². The molecule has 5 nitrogen and oxygen atoms in total.